The van der Waals surface area contributed by atoms with Crippen LogP contribution in [-0.4, -0.2) is 7.05 Å². The number of nitrogens with one attached hydrogen (secondary N) is 1. The zero-order valence-corrected chi connectivity index (χ0v) is 4.59. The Morgan fingerprint density at radius 1 is 2.00 bits per heavy atom. The fourth-order valence-corrected chi connectivity index (χ4v) is 0. The molecule has 1 atom stereocenters. The van der Waals surface area contributed by atoms with Crippen molar-refractivity contribution in [1.29, 1.82) is 0 Å². The number of rotatable bonds is 1. The van der Waals surface area contributed by atoms with Crippen LogP contribution in [0, 0.1) is 0 Å². The van der Waals surface area contributed by atoms with Crippen LogP contribution in [0.2, 0.25) is 0 Å². The molecule has 0 rings (SSSR count). The maximum absolute atomic E-state index is 9.71. The normalized spacial score (nSPS) is 11.2. The second-order valence-electron chi connectivity index (χ2n) is 0.497. The lowest BCUT2D eigenvalue weighted by Crippen LogP contribution is -1.83. The third kappa shape index (κ3) is 4.41. The second kappa shape index (κ2) is 2.64. The van der Waals surface area contributed by atoms with Crippen LogP contribution < -0.4 is 5.09 Å². The average Bonchev–Trinajstić information content (AvgIpc) is 1.38. The van der Waals surface area contributed by atoms with Gasteiger partial charge in [-0.25, -0.2) is 0 Å². The second-order valence-corrected chi connectivity index (χ2v) is 2.58. The van der Waals surface area contributed by atoms with E-state index in [1.165, 1.54) is 0 Å². The molecular weight excluding hydrogens is 105 g/mol. The fraction of sp³-hybridized carbons (Fsp3) is 1.00. The Kier molecular flexibility index (Phi) is 2.85. The van der Waals surface area contributed by atoms with Crippen LogP contribution in [0.5, 0.6) is 0 Å². The molecule has 0 aliphatic heterocycles. The van der Waals surface area contributed by atoms with Crippen LogP contribution in [0.3, 0.4) is 0 Å². The van der Waals surface area contributed by atoms with Gasteiger partial charge in [-0.3, -0.25) is 0 Å². The van der Waals surface area contributed by atoms with Gasteiger partial charge in [-0.05, 0) is 4.57 Å². The lowest BCUT2D eigenvalue weighted by molar-refractivity contribution is 0.592. The average molecular weight is 110 g/mol. The zero-order valence-electron chi connectivity index (χ0n) is 2.80. The quantitative estimate of drug-likeness (QED) is 0.386. The monoisotopic (exact) mass is 110 g/mol. The molecule has 0 aromatic rings. The lowest BCUT2D eigenvalue weighted by atomic mass is 11.6. The predicted octanol–water partition coefficient (Wildman–Crippen LogP) is 0.793. The van der Waals surface area contributed by atoms with Crippen molar-refractivity contribution in [2.24, 2.45) is 0 Å². The molecule has 1 N–H and O–H groups in total. The van der Waals surface area contributed by atoms with Gasteiger partial charge in [0.05, 0.1) is 0 Å². The third-order valence-corrected chi connectivity index (χ3v) is 1.17. The zero-order chi connectivity index (χ0) is 4.28. The molecular formula is CH5NOPS+. The van der Waals surface area contributed by atoms with Gasteiger partial charge < -0.3 is 0 Å². The molecule has 0 heterocycles. The van der Waals surface area contributed by atoms with Crippen molar-refractivity contribution in [2.75, 3.05) is 7.05 Å². The summed E-state index contributed by atoms with van der Waals surface area (Å²) < 4.78 is 9.71. The number of hydrogen-bond donors (Lipinski definition) is 2. The Balaban J connectivity index is 2.85. The van der Waals surface area contributed by atoms with Crippen LogP contribution in [0.15, 0.2) is 0 Å². The van der Waals surface area contributed by atoms with Gasteiger partial charge in [0.2, 0.25) is 0 Å². The first-order valence-electron chi connectivity index (χ1n) is 1.11. The highest BCUT2D eigenvalue weighted by Crippen LogP contribution is 2.16. The van der Waals surface area contributed by atoms with E-state index in [0.717, 1.165) is 0 Å². The molecule has 0 bridgehead atoms. The maximum atomic E-state index is 9.71. The van der Waals surface area contributed by atoms with E-state index < -0.39 is 7.15 Å². The molecule has 30 valence electrons. The van der Waals surface area contributed by atoms with E-state index >= 15 is 0 Å². The molecule has 0 aromatic heterocycles. The van der Waals surface area contributed by atoms with Crippen molar-refractivity contribution < 1.29 is 4.57 Å². The number of hydrogen-bond acceptors (Lipinski definition) is 1. The van der Waals surface area contributed by atoms with Crippen LogP contribution in [0.25, 0.3) is 0 Å². The van der Waals surface area contributed by atoms with Crippen LogP contribution >= 0.6 is 19.4 Å². The van der Waals surface area contributed by atoms with Gasteiger partial charge in [0.15, 0.2) is 0 Å². The summed E-state index contributed by atoms with van der Waals surface area (Å²) in [4.78, 5) is 0. The van der Waals surface area contributed by atoms with Gasteiger partial charge in [-0.2, -0.15) is 0 Å². The SMILES string of the molecule is CN[P+](=O)S. The Morgan fingerprint density at radius 3 is 2.20 bits per heavy atom. The number of thiol groups is 1. The van der Waals surface area contributed by atoms with Gasteiger partial charge in [-0.15, -0.1) is 5.09 Å². The van der Waals surface area contributed by atoms with Gasteiger partial charge in [-0.1, -0.05) is 0 Å². The van der Waals surface area contributed by atoms with Crippen LogP contribution in [0.4, 0.5) is 0 Å². The molecule has 4 heteroatoms. The van der Waals surface area contributed by atoms with E-state index in [1.807, 2.05) is 0 Å². The van der Waals surface area contributed by atoms with Crippen molar-refractivity contribution in [1.82, 2.24) is 5.09 Å². The van der Waals surface area contributed by atoms with Crippen LogP contribution in [0.1, 0.15) is 0 Å². The first-order chi connectivity index (χ1) is 2.27. The molecule has 1 unspecified atom stereocenters. The van der Waals surface area contributed by atoms with E-state index in [-0.39, 0.29) is 0 Å². The third-order valence-electron chi connectivity index (χ3n) is 0.191. The highest BCUT2D eigenvalue weighted by molar-refractivity contribution is 8.39. The van der Waals surface area contributed by atoms with Gasteiger partial charge in [0, 0.05) is 7.05 Å². The highest BCUT2D eigenvalue weighted by atomic mass is 32.7. The minimum absolute atomic E-state index is 1.40. The van der Waals surface area contributed by atoms with Gasteiger partial charge in [0.25, 0.3) is 0 Å². The molecule has 0 radical (unpaired) electrons. The summed E-state index contributed by atoms with van der Waals surface area (Å²) in [7, 11) is 0.185. The summed E-state index contributed by atoms with van der Waals surface area (Å²) in [6.45, 7) is 0. The minimum atomic E-state index is -1.40. The summed E-state index contributed by atoms with van der Waals surface area (Å²) >= 11 is 3.50. The molecule has 0 aliphatic rings. The summed E-state index contributed by atoms with van der Waals surface area (Å²) in [6, 6.07) is 0. The van der Waals surface area contributed by atoms with Crippen molar-refractivity contribution in [3.63, 3.8) is 0 Å². The van der Waals surface area contributed by atoms with Crippen LogP contribution in [-0.2, 0) is 4.57 Å². The lowest BCUT2D eigenvalue weighted by Gasteiger charge is -1.58. The molecule has 0 saturated carbocycles. The summed E-state index contributed by atoms with van der Waals surface area (Å²) in [5.41, 5.74) is 0. The predicted molar refractivity (Wildman–Crippen MR) is 25.7 cm³/mol. The van der Waals surface area contributed by atoms with E-state index in [1.54, 1.807) is 7.05 Å². The van der Waals surface area contributed by atoms with Crippen molar-refractivity contribution in [2.45, 2.75) is 0 Å². The first-order valence-corrected chi connectivity index (χ1v) is 3.52. The smallest absolute Gasteiger partial charge is 0.101 e. The van der Waals surface area contributed by atoms with Crippen molar-refractivity contribution in [3.05, 3.63) is 0 Å². The maximum Gasteiger partial charge on any atom is 0.503 e. The fourth-order valence-electron chi connectivity index (χ4n) is 0. The van der Waals surface area contributed by atoms with E-state index in [9.17, 15) is 4.57 Å². The molecule has 5 heavy (non-hydrogen) atoms. The molecule has 2 nitrogen and oxygen atoms in total. The Bertz CT molecular complexity index is 46.9. The van der Waals surface area contributed by atoms with E-state index in [4.69, 9.17) is 0 Å². The Morgan fingerprint density at radius 2 is 2.20 bits per heavy atom. The summed E-state index contributed by atoms with van der Waals surface area (Å²) in [5.74, 6) is 0. The Hall–Kier alpha value is 0.410. The molecule has 0 amide bonds. The van der Waals surface area contributed by atoms with Crippen molar-refractivity contribution in [3.8, 4) is 0 Å². The van der Waals surface area contributed by atoms with Crippen molar-refractivity contribution >= 4 is 19.4 Å². The Labute approximate surface area is 37.0 Å². The minimum Gasteiger partial charge on any atom is -0.101 e. The largest absolute Gasteiger partial charge is 0.503 e. The molecule has 0 aromatic carbocycles. The standard InChI is InChI=1S/CH4NOPS/c1-2-4(3)5/h1H3,(H-,2,3,5)/p+1. The molecule has 0 spiro atoms. The van der Waals surface area contributed by atoms with E-state index in [0.29, 0.717) is 0 Å². The van der Waals surface area contributed by atoms with Gasteiger partial charge >= 0.3 is 7.15 Å². The summed E-state index contributed by atoms with van der Waals surface area (Å²) in [5, 5.41) is 2.40. The van der Waals surface area contributed by atoms with E-state index in [2.05, 4.69) is 17.3 Å². The molecule has 0 saturated heterocycles. The molecule has 0 fully saturated rings. The topological polar surface area (TPSA) is 29.1 Å². The highest BCUT2D eigenvalue weighted by Gasteiger charge is 1.96. The molecule has 0 aliphatic carbocycles. The van der Waals surface area contributed by atoms with Gasteiger partial charge in [0.1, 0.15) is 12.2 Å². The summed E-state index contributed by atoms with van der Waals surface area (Å²) in [6.07, 6.45) is 0. The first kappa shape index (κ1) is 5.41.